The summed E-state index contributed by atoms with van der Waals surface area (Å²) in [4.78, 5) is 0. The number of hydrogen-bond donors (Lipinski definition) is 0. The summed E-state index contributed by atoms with van der Waals surface area (Å²) < 4.78 is 0. The summed E-state index contributed by atoms with van der Waals surface area (Å²) in [6.07, 6.45) is 16.0. The van der Waals surface area contributed by atoms with Crippen molar-refractivity contribution in [3.05, 3.63) is 35.4 Å². The summed E-state index contributed by atoms with van der Waals surface area (Å²) in [5.41, 5.74) is 2.76. The lowest BCUT2D eigenvalue weighted by Crippen LogP contribution is -1.99. The Labute approximate surface area is 146 Å². The second-order valence-corrected chi connectivity index (χ2v) is 7.83. The maximum Gasteiger partial charge on any atom is -0.0307 e. The lowest BCUT2D eigenvalue weighted by molar-refractivity contribution is 0.385. The van der Waals surface area contributed by atoms with Gasteiger partial charge in [-0.2, -0.15) is 0 Å². The monoisotopic (exact) mass is 316 g/mol. The fourth-order valence-corrected chi connectivity index (χ4v) is 3.44. The Morgan fingerprint density at radius 3 is 1.35 bits per heavy atom. The molecule has 23 heavy (non-hydrogen) atoms. The fourth-order valence-electron chi connectivity index (χ4n) is 3.44. The molecule has 0 heterocycles. The maximum absolute atomic E-state index is 2.36. The van der Waals surface area contributed by atoms with Gasteiger partial charge in [-0.3, -0.25) is 0 Å². The topological polar surface area (TPSA) is 0 Å². The molecule has 0 nitrogen and oxygen atoms in total. The van der Waals surface area contributed by atoms with Crippen LogP contribution in [0.2, 0.25) is 0 Å². The van der Waals surface area contributed by atoms with Gasteiger partial charge in [0.25, 0.3) is 0 Å². The molecule has 0 N–H and O–H groups in total. The van der Waals surface area contributed by atoms with Crippen LogP contribution in [0, 0.1) is 18.8 Å². The predicted molar refractivity (Wildman–Crippen MR) is 105 cm³/mol. The molecule has 0 bridgehead atoms. The molecule has 0 spiro atoms. The minimum Gasteiger partial charge on any atom is -0.0625 e. The van der Waals surface area contributed by atoms with Crippen LogP contribution in [0.25, 0.3) is 0 Å². The maximum atomic E-state index is 2.36. The van der Waals surface area contributed by atoms with E-state index in [0.717, 1.165) is 18.3 Å². The van der Waals surface area contributed by atoms with Crippen molar-refractivity contribution in [2.45, 2.75) is 98.3 Å². The summed E-state index contributed by atoms with van der Waals surface area (Å²) in [7, 11) is 0. The zero-order valence-corrected chi connectivity index (χ0v) is 16.2. The van der Waals surface area contributed by atoms with Crippen molar-refractivity contribution in [3.8, 4) is 0 Å². The first-order valence-electron chi connectivity index (χ1n) is 10.2. The van der Waals surface area contributed by atoms with E-state index < -0.39 is 0 Å². The number of aryl methyl sites for hydroxylation is 2. The minimum absolute atomic E-state index is 1.04. The van der Waals surface area contributed by atoms with Gasteiger partial charge in [0.15, 0.2) is 0 Å². The Morgan fingerprint density at radius 1 is 0.696 bits per heavy atom. The molecule has 0 unspecified atom stereocenters. The molecule has 1 aromatic rings. The largest absolute Gasteiger partial charge is 0.0625 e. The second-order valence-electron chi connectivity index (χ2n) is 7.83. The Bertz CT molecular complexity index is 348. The SMILES string of the molecule is CC1CCCCC1.CC1CCCCC1.CCc1ccc(C)cc1. The van der Waals surface area contributed by atoms with E-state index in [1.165, 1.54) is 75.3 Å². The van der Waals surface area contributed by atoms with E-state index in [-0.39, 0.29) is 0 Å². The molecule has 2 saturated carbocycles. The molecule has 0 amide bonds. The summed E-state index contributed by atoms with van der Waals surface area (Å²) in [6.45, 7) is 9.00. The molecule has 2 aliphatic carbocycles. The first kappa shape index (κ1) is 20.3. The summed E-state index contributed by atoms with van der Waals surface area (Å²) in [5.74, 6) is 2.07. The van der Waals surface area contributed by atoms with Crippen molar-refractivity contribution in [3.63, 3.8) is 0 Å². The molecule has 0 aromatic heterocycles. The van der Waals surface area contributed by atoms with Gasteiger partial charge in [-0.15, -0.1) is 0 Å². The summed E-state index contributed by atoms with van der Waals surface area (Å²) in [5, 5.41) is 0. The van der Waals surface area contributed by atoms with Gasteiger partial charge in [-0.05, 0) is 30.7 Å². The molecule has 0 heteroatoms. The quantitative estimate of drug-likeness (QED) is 0.497. The van der Waals surface area contributed by atoms with Crippen LogP contribution in [0.3, 0.4) is 0 Å². The minimum atomic E-state index is 1.04. The van der Waals surface area contributed by atoms with Crippen LogP contribution >= 0.6 is 0 Å². The average Bonchev–Trinajstić information content (AvgIpc) is 2.58. The van der Waals surface area contributed by atoms with Gasteiger partial charge in [0.2, 0.25) is 0 Å². The van der Waals surface area contributed by atoms with Crippen molar-refractivity contribution in [1.29, 1.82) is 0 Å². The summed E-state index contributed by atoms with van der Waals surface area (Å²) >= 11 is 0. The standard InChI is InChI=1S/C9H12.2C7H14/c1-3-9-6-4-8(2)5-7-9;2*1-7-5-3-2-4-6-7/h4-7H,3H2,1-2H3;2*7H,2-6H2,1H3. The van der Waals surface area contributed by atoms with Gasteiger partial charge >= 0.3 is 0 Å². The van der Waals surface area contributed by atoms with E-state index in [2.05, 4.69) is 52.0 Å². The predicted octanol–water partition coefficient (Wildman–Crippen LogP) is 7.73. The highest BCUT2D eigenvalue weighted by molar-refractivity contribution is 5.20. The highest BCUT2D eigenvalue weighted by Crippen LogP contribution is 2.22. The zero-order chi connectivity index (χ0) is 16.9. The molecule has 2 fully saturated rings. The Hall–Kier alpha value is -0.780. The molecule has 3 rings (SSSR count). The van der Waals surface area contributed by atoms with Crippen LogP contribution in [-0.2, 0) is 6.42 Å². The highest BCUT2D eigenvalue weighted by Gasteiger charge is 2.06. The molecule has 132 valence electrons. The van der Waals surface area contributed by atoms with Crippen LogP contribution in [0.5, 0.6) is 0 Å². The Balaban J connectivity index is 0.000000175. The first-order valence-corrected chi connectivity index (χ1v) is 10.2. The molecule has 0 aliphatic heterocycles. The van der Waals surface area contributed by atoms with Crippen LogP contribution in [0.15, 0.2) is 24.3 Å². The fraction of sp³-hybridized carbons (Fsp3) is 0.739. The van der Waals surface area contributed by atoms with E-state index in [0.29, 0.717) is 0 Å². The molecule has 0 radical (unpaired) electrons. The lowest BCUT2D eigenvalue weighted by Gasteiger charge is -2.15. The molecule has 0 atom stereocenters. The van der Waals surface area contributed by atoms with Crippen molar-refractivity contribution >= 4 is 0 Å². The van der Waals surface area contributed by atoms with E-state index in [4.69, 9.17) is 0 Å². The van der Waals surface area contributed by atoms with E-state index in [1.807, 2.05) is 0 Å². The average molecular weight is 317 g/mol. The molecule has 1 aromatic carbocycles. The second kappa shape index (κ2) is 12.6. The van der Waals surface area contributed by atoms with Crippen molar-refractivity contribution < 1.29 is 0 Å². The van der Waals surface area contributed by atoms with E-state index in [9.17, 15) is 0 Å². The Morgan fingerprint density at radius 2 is 1.09 bits per heavy atom. The van der Waals surface area contributed by atoms with Crippen LogP contribution in [0.4, 0.5) is 0 Å². The first-order chi connectivity index (χ1) is 11.1. The number of hydrogen-bond acceptors (Lipinski definition) is 0. The van der Waals surface area contributed by atoms with Gasteiger partial charge in [0, 0.05) is 0 Å². The number of rotatable bonds is 1. The van der Waals surface area contributed by atoms with Crippen LogP contribution < -0.4 is 0 Å². The third-order valence-corrected chi connectivity index (χ3v) is 5.32. The van der Waals surface area contributed by atoms with Gasteiger partial charge in [0.1, 0.15) is 0 Å². The molecule has 0 saturated heterocycles. The van der Waals surface area contributed by atoms with Crippen LogP contribution in [-0.4, -0.2) is 0 Å². The van der Waals surface area contributed by atoms with Crippen molar-refractivity contribution in [1.82, 2.24) is 0 Å². The van der Waals surface area contributed by atoms with Gasteiger partial charge < -0.3 is 0 Å². The molecule has 2 aliphatic rings. The van der Waals surface area contributed by atoms with Gasteiger partial charge in [-0.1, -0.05) is 115 Å². The summed E-state index contributed by atoms with van der Waals surface area (Å²) in [6, 6.07) is 8.66. The third kappa shape index (κ3) is 10.6. The van der Waals surface area contributed by atoms with E-state index >= 15 is 0 Å². The van der Waals surface area contributed by atoms with Crippen molar-refractivity contribution in [2.24, 2.45) is 11.8 Å². The zero-order valence-electron chi connectivity index (χ0n) is 16.2. The van der Waals surface area contributed by atoms with Gasteiger partial charge in [-0.25, -0.2) is 0 Å². The highest BCUT2D eigenvalue weighted by atomic mass is 14.1. The normalized spacial score (nSPS) is 19.1. The molecular formula is C23H40. The Kier molecular flexibility index (Phi) is 11.1. The third-order valence-electron chi connectivity index (χ3n) is 5.32. The lowest BCUT2D eigenvalue weighted by atomic mass is 9.91. The smallest absolute Gasteiger partial charge is 0.0307 e. The number of benzene rings is 1. The van der Waals surface area contributed by atoms with Crippen molar-refractivity contribution in [2.75, 3.05) is 0 Å². The molecular weight excluding hydrogens is 276 g/mol. The van der Waals surface area contributed by atoms with Gasteiger partial charge in [0.05, 0.1) is 0 Å². The van der Waals surface area contributed by atoms with Crippen LogP contribution in [0.1, 0.15) is 96.1 Å². The van der Waals surface area contributed by atoms with E-state index in [1.54, 1.807) is 0 Å².